The molecule has 0 aliphatic carbocycles. The van der Waals surface area contributed by atoms with E-state index in [-0.39, 0.29) is 6.54 Å². The van der Waals surface area contributed by atoms with Crippen LogP contribution in [0.2, 0.25) is 0 Å². The summed E-state index contributed by atoms with van der Waals surface area (Å²) in [5.74, 6) is -14.0. The molecule has 0 bridgehead atoms. The third-order valence-electron chi connectivity index (χ3n) is 3.58. The first-order valence-corrected chi connectivity index (χ1v) is 9.34. The van der Waals surface area contributed by atoms with E-state index in [1.165, 1.54) is 0 Å². The summed E-state index contributed by atoms with van der Waals surface area (Å²) >= 11 is 0. The van der Waals surface area contributed by atoms with Crippen molar-refractivity contribution in [3.63, 3.8) is 0 Å². The van der Waals surface area contributed by atoms with E-state index in [2.05, 4.69) is 10.1 Å². The monoisotopic (exact) mass is 431 g/mol. The molecule has 0 fully saturated rings. The minimum absolute atomic E-state index is 0.0176. The molecule has 0 unspecified atom stereocenters. The van der Waals surface area contributed by atoms with Crippen LogP contribution >= 0.6 is 0 Å². The maximum absolute atomic E-state index is 13.5. The Morgan fingerprint density at radius 3 is 1.89 bits per heavy atom. The second-order valence-corrected chi connectivity index (χ2v) is 5.83. The summed E-state index contributed by atoms with van der Waals surface area (Å²) in [6.45, 7) is 4.32. The number of hydrogen-bond donors (Lipinski definition) is 1. The Balaban J connectivity index is 2.55. The van der Waals surface area contributed by atoms with Crippen LogP contribution in [-0.4, -0.2) is 42.3 Å². The van der Waals surface area contributed by atoms with Crippen molar-refractivity contribution in [2.45, 2.75) is 39.1 Å². The van der Waals surface area contributed by atoms with Crippen molar-refractivity contribution in [3.8, 4) is 5.75 Å². The molecule has 12 heteroatoms. The summed E-state index contributed by atoms with van der Waals surface area (Å²) in [5, 5.41) is 2.16. The minimum Gasteiger partial charge on any atom is -0.404 e. The first kappa shape index (κ1) is 24.3. The van der Waals surface area contributed by atoms with E-state index in [0.717, 1.165) is 0 Å². The number of amides is 1. The Morgan fingerprint density at radius 2 is 1.43 bits per heavy atom. The lowest BCUT2D eigenvalue weighted by molar-refractivity contribution is -0.343. The van der Waals surface area contributed by atoms with E-state index in [1.807, 2.05) is 0 Å². The number of halogens is 5. The lowest BCUT2D eigenvalue weighted by Crippen LogP contribution is -2.39. The molecule has 0 aromatic heterocycles. The molecule has 1 aromatic rings. The van der Waals surface area contributed by atoms with Crippen LogP contribution in [0.3, 0.4) is 0 Å². The van der Waals surface area contributed by atoms with Gasteiger partial charge < -0.3 is 24.0 Å². The van der Waals surface area contributed by atoms with Crippen LogP contribution in [0.1, 0.15) is 33.1 Å². The fourth-order valence-corrected chi connectivity index (χ4v) is 2.75. The van der Waals surface area contributed by atoms with Gasteiger partial charge in [0, 0.05) is 26.2 Å². The minimum atomic E-state index is -2.34. The van der Waals surface area contributed by atoms with Gasteiger partial charge in [0.15, 0.2) is 10.5 Å². The topological polar surface area (TPSA) is 66.0 Å². The summed E-state index contributed by atoms with van der Waals surface area (Å²) in [5.41, 5.74) is 0. The predicted octanol–water partition coefficient (Wildman–Crippen LogP) is 2.66. The molecular formula is C16H22F5NO5Si. The Labute approximate surface area is 161 Å². The number of benzene rings is 1. The summed E-state index contributed by atoms with van der Waals surface area (Å²) in [7, 11) is 0.374. The lowest BCUT2D eigenvalue weighted by Gasteiger charge is -2.31. The molecule has 0 aliphatic rings. The van der Waals surface area contributed by atoms with Crippen molar-refractivity contribution in [2.24, 2.45) is 0 Å². The highest BCUT2D eigenvalue weighted by Gasteiger charge is 2.30. The molecule has 0 saturated carbocycles. The van der Waals surface area contributed by atoms with Crippen LogP contribution in [0, 0.1) is 29.1 Å². The number of ether oxygens (including phenoxy) is 3. The maximum atomic E-state index is 13.5. The van der Waals surface area contributed by atoms with Gasteiger partial charge in [0.05, 0.1) is 0 Å². The van der Waals surface area contributed by atoms with Gasteiger partial charge in [-0.2, -0.15) is 8.78 Å². The molecule has 0 saturated heterocycles. The highest BCUT2D eigenvalue weighted by Crippen LogP contribution is 2.29. The highest BCUT2D eigenvalue weighted by atomic mass is 28.2. The molecule has 0 spiro atoms. The molecule has 0 atom stereocenters. The molecule has 1 amide bonds. The van der Waals surface area contributed by atoms with Crippen molar-refractivity contribution in [3.05, 3.63) is 29.1 Å². The number of unbranched alkanes of at least 4 members (excludes halogenated alkanes) is 1. The number of hydrogen-bond acceptors (Lipinski definition) is 5. The zero-order chi connectivity index (χ0) is 21.3. The van der Waals surface area contributed by atoms with Gasteiger partial charge in [0.2, 0.25) is 34.8 Å². The SMILES string of the molecule is CCOC(CCCCNC(=O)Oc1c(F)c(F)c(F)c(F)c1F)(O[SiH3])OCC. The first-order chi connectivity index (χ1) is 13.2. The van der Waals surface area contributed by atoms with E-state index in [1.54, 1.807) is 13.8 Å². The fourth-order valence-electron chi connectivity index (χ4n) is 2.31. The van der Waals surface area contributed by atoms with Gasteiger partial charge in [-0.3, -0.25) is 0 Å². The van der Waals surface area contributed by atoms with Crippen LogP contribution < -0.4 is 10.1 Å². The zero-order valence-electron chi connectivity index (χ0n) is 15.7. The molecule has 160 valence electrons. The van der Waals surface area contributed by atoms with Gasteiger partial charge in [0.25, 0.3) is 5.97 Å². The molecule has 1 rings (SSSR count). The second-order valence-electron chi connectivity index (χ2n) is 5.43. The number of carbonyl (C=O) groups is 1. The molecule has 6 nitrogen and oxygen atoms in total. The van der Waals surface area contributed by atoms with Crippen molar-refractivity contribution in [1.29, 1.82) is 0 Å². The van der Waals surface area contributed by atoms with E-state index >= 15 is 0 Å². The van der Waals surface area contributed by atoms with Gasteiger partial charge in [-0.25, -0.2) is 18.0 Å². The van der Waals surface area contributed by atoms with Crippen LogP contribution in [0.5, 0.6) is 5.75 Å². The first-order valence-electron chi connectivity index (χ1n) is 8.53. The molecule has 0 aliphatic heterocycles. The fraction of sp³-hybridized carbons (Fsp3) is 0.562. The summed E-state index contributed by atoms with van der Waals surface area (Å²) in [6.07, 6.45) is -0.111. The Morgan fingerprint density at radius 1 is 0.929 bits per heavy atom. The van der Waals surface area contributed by atoms with Crippen LogP contribution in [0.15, 0.2) is 0 Å². The third-order valence-corrected chi connectivity index (χ3v) is 4.20. The lowest BCUT2D eigenvalue weighted by atomic mass is 10.2. The van der Waals surface area contributed by atoms with Crippen molar-refractivity contribution >= 4 is 16.6 Å². The van der Waals surface area contributed by atoms with Gasteiger partial charge >= 0.3 is 6.09 Å². The van der Waals surface area contributed by atoms with Crippen LogP contribution in [0.25, 0.3) is 0 Å². The third kappa shape index (κ3) is 6.12. The maximum Gasteiger partial charge on any atom is 0.412 e. The van der Waals surface area contributed by atoms with Crippen molar-refractivity contribution < 1.29 is 45.4 Å². The van der Waals surface area contributed by atoms with Gasteiger partial charge in [0.1, 0.15) is 0 Å². The second kappa shape index (κ2) is 11.3. The standard InChI is InChI=1S/C16H22F5NO5Si/c1-3-24-16(27-28,25-4-2)7-5-6-8-22-15(23)26-14-12(20)10(18)9(17)11(19)13(14)21/h3-8H2,1-2,28H3,(H,22,23). The van der Waals surface area contributed by atoms with E-state index in [4.69, 9.17) is 13.9 Å². The molecule has 0 radical (unpaired) electrons. The molecule has 0 heterocycles. The van der Waals surface area contributed by atoms with Crippen LogP contribution in [-0.2, 0) is 13.9 Å². The number of nitrogens with one attached hydrogen (secondary N) is 1. The highest BCUT2D eigenvalue weighted by molar-refractivity contribution is 5.98. The van der Waals surface area contributed by atoms with Gasteiger partial charge in [-0.05, 0) is 26.7 Å². The predicted molar refractivity (Wildman–Crippen MR) is 91.1 cm³/mol. The smallest absolute Gasteiger partial charge is 0.404 e. The quantitative estimate of drug-likeness (QED) is 0.146. The molecule has 1 N–H and O–H groups in total. The average Bonchev–Trinajstić information content (AvgIpc) is 2.68. The van der Waals surface area contributed by atoms with E-state index in [9.17, 15) is 26.7 Å². The van der Waals surface area contributed by atoms with Gasteiger partial charge in [-0.1, -0.05) is 0 Å². The summed E-state index contributed by atoms with van der Waals surface area (Å²) in [4.78, 5) is 11.6. The van der Waals surface area contributed by atoms with E-state index < -0.39 is 46.9 Å². The Kier molecular flexibility index (Phi) is 9.79. The number of carbonyl (C=O) groups excluding carboxylic acids is 1. The molecule has 28 heavy (non-hydrogen) atoms. The Bertz CT molecular complexity index is 644. The normalized spacial score (nSPS) is 11.7. The Hall–Kier alpha value is -1.76. The van der Waals surface area contributed by atoms with Crippen molar-refractivity contribution in [1.82, 2.24) is 5.32 Å². The van der Waals surface area contributed by atoms with Crippen LogP contribution in [0.4, 0.5) is 26.7 Å². The molecule has 1 aromatic carbocycles. The van der Waals surface area contributed by atoms with Crippen molar-refractivity contribution in [2.75, 3.05) is 19.8 Å². The number of rotatable bonds is 11. The largest absolute Gasteiger partial charge is 0.412 e. The summed E-state index contributed by atoms with van der Waals surface area (Å²) < 4.78 is 86.6. The average molecular weight is 431 g/mol. The van der Waals surface area contributed by atoms with E-state index in [0.29, 0.717) is 43.0 Å². The zero-order valence-corrected chi connectivity index (χ0v) is 17.7. The summed E-state index contributed by atoms with van der Waals surface area (Å²) in [6, 6.07) is 0. The molecular weight excluding hydrogens is 409 g/mol. The van der Waals surface area contributed by atoms with Gasteiger partial charge in [-0.15, -0.1) is 0 Å².